The lowest BCUT2D eigenvalue weighted by molar-refractivity contribution is -0.122. The average molecular weight is 536 g/mol. The zero-order valence-corrected chi connectivity index (χ0v) is 20.1. The molecule has 0 saturated heterocycles. The molecule has 1 aliphatic rings. The van der Waals surface area contributed by atoms with E-state index in [2.05, 4.69) is 20.4 Å². The van der Waals surface area contributed by atoms with Crippen molar-refractivity contribution in [3.63, 3.8) is 0 Å². The number of likely N-dealkylation sites (N-methyl/N-ethyl adjacent to an activating group) is 1. The number of halogens is 4. The van der Waals surface area contributed by atoms with Crippen molar-refractivity contribution in [1.82, 2.24) is 15.6 Å². The number of amides is 2. The molecule has 9 nitrogen and oxygen atoms in total. The van der Waals surface area contributed by atoms with Gasteiger partial charge in [-0.15, -0.1) is 0 Å². The van der Waals surface area contributed by atoms with Crippen LogP contribution in [0.2, 0.25) is 0 Å². The lowest BCUT2D eigenvalue weighted by atomic mass is 10.0. The number of hydrogen-bond donors (Lipinski definition) is 3. The van der Waals surface area contributed by atoms with Crippen LogP contribution >= 0.6 is 0 Å². The van der Waals surface area contributed by atoms with E-state index in [0.29, 0.717) is 18.6 Å². The van der Waals surface area contributed by atoms with E-state index in [1.54, 1.807) is 0 Å². The van der Waals surface area contributed by atoms with Gasteiger partial charge in [-0.2, -0.15) is 8.78 Å². The van der Waals surface area contributed by atoms with Crippen molar-refractivity contribution in [2.75, 3.05) is 13.7 Å². The first kappa shape index (κ1) is 26.9. The molecule has 1 saturated carbocycles. The molecular formula is C25H24F4N4O5. The van der Waals surface area contributed by atoms with Gasteiger partial charge in [-0.25, -0.2) is 13.8 Å². The Morgan fingerprint density at radius 3 is 2.55 bits per heavy atom. The number of aromatic nitrogens is 1. The Kier molecular flexibility index (Phi) is 8.15. The Morgan fingerprint density at radius 2 is 1.92 bits per heavy atom. The topological polar surface area (TPSA) is 129 Å². The van der Waals surface area contributed by atoms with Crippen LogP contribution in [0.3, 0.4) is 0 Å². The summed E-state index contributed by atoms with van der Waals surface area (Å²) < 4.78 is 69.3. The molecule has 1 aliphatic carbocycles. The highest BCUT2D eigenvalue weighted by Gasteiger charge is 2.29. The third-order valence-electron chi connectivity index (χ3n) is 5.73. The van der Waals surface area contributed by atoms with E-state index in [0.717, 1.165) is 25.0 Å². The molecule has 1 atom stereocenters. The van der Waals surface area contributed by atoms with Gasteiger partial charge >= 0.3 is 6.61 Å². The summed E-state index contributed by atoms with van der Waals surface area (Å²) in [4.78, 5) is 29.7. The van der Waals surface area contributed by atoms with Crippen LogP contribution in [0.25, 0.3) is 11.5 Å². The van der Waals surface area contributed by atoms with Gasteiger partial charge in [-0.1, -0.05) is 6.07 Å². The van der Waals surface area contributed by atoms with E-state index in [9.17, 15) is 27.2 Å². The van der Waals surface area contributed by atoms with E-state index in [4.69, 9.17) is 14.9 Å². The molecule has 1 fully saturated rings. The van der Waals surface area contributed by atoms with E-state index >= 15 is 0 Å². The summed E-state index contributed by atoms with van der Waals surface area (Å²) in [5, 5.41) is 4.67. The monoisotopic (exact) mass is 536 g/mol. The van der Waals surface area contributed by atoms with Crippen LogP contribution in [0.1, 0.15) is 40.7 Å². The van der Waals surface area contributed by atoms with Gasteiger partial charge in [0.1, 0.15) is 17.7 Å². The number of carbonyl (C=O) groups is 2. The van der Waals surface area contributed by atoms with Crippen molar-refractivity contribution >= 4 is 11.8 Å². The Labute approximate surface area is 214 Å². The molecule has 202 valence electrons. The van der Waals surface area contributed by atoms with Gasteiger partial charge in [0.05, 0.1) is 13.2 Å². The number of ether oxygens (including phenoxy) is 2. The smallest absolute Gasteiger partial charge is 0.387 e. The van der Waals surface area contributed by atoms with E-state index in [-0.39, 0.29) is 46.5 Å². The van der Waals surface area contributed by atoms with Gasteiger partial charge in [-0.3, -0.25) is 9.59 Å². The molecule has 0 spiro atoms. The SMILES string of the molecule is CNC(=O)[C@@H](NC(=O)c1nc(-c2ccc(OC(F)F)c(OCC3CC3)c2)oc1CN)c1ccc(F)cc1F. The fourth-order valence-corrected chi connectivity index (χ4v) is 3.59. The van der Waals surface area contributed by atoms with E-state index < -0.39 is 36.1 Å². The Bertz CT molecular complexity index is 1330. The third-order valence-corrected chi connectivity index (χ3v) is 5.73. The Morgan fingerprint density at radius 1 is 1.16 bits per heavy atom. The predicted octanol–water partition coefficient (Wildman–Crippen LogP) is 3.69. The standard InChI is InChI=1S/C25H24F4N4O5/c1-31-22(34)20(15-6-5-14(26)9-16(15)27)32-23(35)21-19(10-30)37-24(33-21)13-4-7-17(38-25(28)29)18(8-13)36-11-12-2-3-12/h4-9,12,20,25H,2-3,10-11,30H2,1H3,(H,31,34)(H,32,35)/t20-/m0/s1. The molecule has 1 aromatic heterocycles. The summed E-state index contributed by atoms with van der Waals surface area (Å²) in [5.41, 5.74) is 5.44. The van der Waals surface area contributed by atoms with Crippen LogP contribution in [-0.2, 0) is 11.3 Å². The fraction of sp³-hybridized carbons (Fsp3) is 0.320. The van der Waals surface area contributed by atoms with Crippen molar-refractivity contribution < 1.29 is 41.0 Å². The number of nitrogens with one attached hydrogen (secondary N) is 2. The lowest BCUT2D eigenvalue weighted by Crippen LogP contribution is -2.40. The second kappa shape index (κ2) is 11.5. The van der Waals surface area contributed by atoms with Gasteiger partial charge in [0, 0.05) is 24.2 Å². The first-order chi connectivity index (χ1) is 18.2. The van der Waals surface area contributed by atoms with Gasteiger partial charge < -0.3 is 30.3 Å². The summed E-state index contributed by atoms with van der Waals surface area (Å²) in [6.07, 6.45) is 1.95. The number of hydrogen-bond acceptors (Lipinski definition) is 7. The molecule has 0 radical (unpaired) electrons. The zero-order chi connectivity index (χ0) is 27.4. The first-order valence-electron chi connectivity index (χ1n) is 11.6. The van der Waals surface area contributed by atoms with Crippen molar-refractivity contribution in [2.24, 2.45) is 11.7 Å². The molecule has 4 N–H and O–H groups in total. The highest BCUT2D eigenvalue weighted by Crippen LogP contribution is 2.36. The molecule has 4 rings (SSSR count). The molecule has 13 heteroatoms. The third kappa shape index (κ3) is 6.22. The van der Waals surface area contributed by atoms with Crippen LogP contribution in [0, 0.1) is 17.6 Å². The molecule has 0 unspecified atom stereocenters. The van der Waals surface area contributed by atoms with Gasteiger partial charge in [0.15, 0.2) is 23.0 Å². The summed E-state index contributed by atoms with van der Waals surface area (Å²) >= 11 is 0. The number of nitrogens with zero attached hydrogens (tertiary/aromatic N) is 1. The van der Waals surface area contributed by atoms with Crippen LogP contribution in [-0.4, -0.2) is 37.1 Å². The number of carbonyl (C=O) groups excluding carboxylic acids is 2. The summed E-state index contributed by atoms with van der Waals surface area (Å²) in [7, 11) is 1.28. The number of rotatable bonds is 11. The van der Waals surface area contributed by atoms with Crippen LogP contribution in [0.5, 0.6) is 11.5 Å². The second-order valence-corrected chi connectivity index (χ2v) is 8.48. The largest absolute Gasteiger partial charge is 0.489 e. The van der Waals surface area contributed by atoms with Crippen molar-refractivity contribution in [1.29, 1.82) is 0 Å². The minimum absolute atomic E-state index is 0.0414. The van der Waals surface area contributed by atoms with E-state index in [1.165, 1.54) is 25.2 Å². The highest BCUT2D eigenvalue weighted by atomic mass is 19.3. The maximum absolute atomic E-state index is 14.4. The number of nitrogens with two attached hydrogens (primary N) is 1. The molecule has 38 heavy (non-hydrogen) atoms. The molecule has 0 aliphatic heterocycles. The van der Waals surface area contributed by atoms with E-state index in [1.807, 2.05) is 0 Å². The van der Waals surface area contributed by atoms with Crippen molar-refractivity contribution in [2.45, 2.75) is 32.0 Å². The molecule has 3 aromatic rings. The molecule has 2 aromatic carbocycles. The minimum Gasteiger partial charge on any atom is -0.489 e. The molecule has 1 heterocycles. The van der Waals surface area contributed by atoms with Crippen LogP contribution < -0.4 is 25.8 Å². The average Bonchev–Trinajstić information content (AvgIpc) is 3.62. The summed E-state index contributed by atoms with van der Waals surface area (Å²) in [6, 6.07) is 5.08. The minimum atomic E-state index is -3.07. The summed E-state index contributed by atoms with van der Waals surface area (Å²) in [5.74, 6) is -3.52. The Balaban J connectivity index is 1.63. The summed E-state index contributed by atoms with van der Waals surface area (Å²) in [6.45, 7) is -3.01. The van der Waals surface area contributed by atoms with Crippen LogP contribution in [0.4, 0.5) is 17.6 Å². The number of benzene rings is 2. The fourth-order valence-electron chi connectivity index (χ4n) is 3.59. The molecule has 0 bridgehead atoms. The highest BCUT2D eigenvalue weighted by molar-refractivity contribution is 5.97. The molecule has 2 amide bonds. The molecular weight excluding hydrogens is 512 g/mol. The Hall–Kier alpha value is -4.13. The number of oxazole rings is 1. The maximum atomic E-state index is 14.4. The maximum Gasteiger partial charge on any atom is 0.387 e. The zero-order valence-electron chi connectivity index (χ0n) is 20.1. The van der Waals surface area contributed by atoms with Gasteiger partial charge in [0.25, 0.3) is 5.91 Å². The first-order valence-corrected chi connectivity index (χ1v) is 11.6. The van der Waals surface area contributed by atoms with Crippen LogP contribution in [0.15, 0.2) is 40.8 Å². The second-order valence-electron chi connectivity index (χ2n) is 8.48. The quantitative estimate of drug-likeness (QED) is 0.319. The lowest BCUT2D eigenvalue weighted by Gasteiger charge is -2.18. The van der Waals surface area contributed by atoms with Crippen molar-refractivity contribution in [3.05, 3.63) is 65.1 Å². The number of alkyl halides is 2. The van der Waals surface area contributed by atoms with Crippen molar-refractivity contribution in [3.8, 4) is 23.0 Å². The van der Waals surface area contributed by atoms with Gasteiger partial charge in [0.2, 0.25) is 11.8 Å². The van der Waals surface area contributed by atoms with Gasteiger partial charge in [-0.05, 0) is 43.0 Å². The predicted molar refractivity (Wildman–Crippen MR) is 125 cm³/mol. The normalized spacial score (nSPS) is 13.8.